The van der Waals surface area contributed by atoms with Crippen LogP contribution in [0.4, 0.5) is 32.3 Å². The van der Waals surface area contributed by atoms with Crippen molar-refractivity contribution in [3.8, 4) is 22.6 Å². The van der Waals surface area contributed by atoms with E-state index in [1.165, 1.54) is 24.3 Å². The van der Waals surface area contributed by atoms with Gasteiger partial charge < -0.3 is 29.6 Å². The lowest BCUT2D eigenvalue weighted by molar-refractivity contribution is 0.261. The number of amides is 4. The molecule has 58 heavy (non-hydrogen) atoms. The summed E-state index contributed by atoms with van der Waals surface area (Å²) < 4.78 is 62.7. The molecule has 0 saturated carbocycles. The van der Waals surface area contributed by atoms with Gasteiger partial charge in [-0.3, -0.25) is 0 Å². The Morgan fingerprint density at radius 3 is 0.897 bits per heavy atom. The quantitative estimate of drug-likeness (QED) is 0.0937. The molecule has 0 aliphatic carbocycles. The molecule has 0 atom stereocenters. The van der Waals surface area contributed by atoms with E-state index in [1.807, 2.05) is 38.1 Å². The van der Waals surface area contributed by atoms with Gasteiger partial charge in [-0.1, -0.05) is 59.7 Å². The zero-order chi connectivity index (χ0) is 41.8. The average Bonchev–Trinajstić information content (AvgIpc) is 3.12. The van der Waals surface area contributed by atoms with Crippen molar-refractivity contribution in [1.82, 2.24) is 0 Å². The third-order valence-corrected chi connectivity index (χ3v) is 12.1. The van der Waals surface area contributed by atoms with Gasteiger partial charge in [0.1, 0.15) is 21.3 Å². The third-order valence-electron chi connectivity index (χ3n) is 8.96. The molecule has 0 spiro atoms. The number of hydrogen-bond acceptors (Lipinski definition) is 8. The summed E-state index contributed by atoms with van der Waals surface area (Å²) >= 11 is 0. The van der Waals surface area contributed by atoms with E-state index in [0.717, 1.165) is 22.3 Å². The lowest BCUT2D eigenvalue weighted by Crippen LogP contribution is -2.19. The molecule has 0 unspecified atom stereocenters. The number of carbonyl (C=O) groups is 2. The zero-order valence-corrected chi connectivity index (χ0v) is 34.3. The Balaban J connectivity index is 0.976. The Labute approximate surface area is 338 Å². The van der Waals surface area contributed by atoms with Crippen molar-refractivity contribution in [2.24, 2.45) is 0 Å². The molecular weight excluding hydrogens is 777 g/mol. The molecule has 6 aromatic rings. The van der Waals surface area contributed by atoms with Crippen LogP contribution in [0.3, 0.4) is 0 Å². The molecular formula is C44H42N4O8S2. The molecule has 0 aliphatic heterocycles. The van der Waals surface area contributed by atoms with Crippen LogP contribution >= 0.6 is 0 Å². The van der Waals surface area contributed by atoms with E-state index in [2.05, 4.69) is 21.3 Å². The molecule has 0 heterocycles. The first kappa shape index (κ1) is 41.0. The highest BCUT2D eigenvalue weighted by atomic mass is 32.2. The van der Waals surface area contributed by atoms with Gasteiger partial charge in [0, 0.05) is 22.7 Å². The maximum atomic E-state index is 13.0. The minimum atomic E-state index is -4.06. The van der Waals surface area contributed by atoms with Crippen molar-refractivity contribution in [1.29, 1.82) is 0 Å². The Morgan fingerprint density at radius 2 is 0.638 bits per heavy atom. The van der Waals surface area contributed by atoms with Crippen molar-refractivity contribution in [3.63, 3.8) is 0 Å². The summed E-state index contributed by atoms with van der Waals surface area (Å²) in [5.74, 6) is 0.227. The van der Waals surface area contributed by atoms with Gasteiger partial charge in [0.25, 0.3) is 0 Å². The second-order valence-electron chi connectivity index (χ2n) is 13.9. The van der Waals surface area contributed by atoms with E-state index in [4.69, 9.17) is 8.37 Å². The predicted molar refractivity (Wildman–Crippen MR) is 227 cm³/mol. The number of nitrogens with one attached hydrogen (secondary N) is 4. The largest absolute Gasteiger partial charge is 0.379 e. The molecule has 6 aromatic carbocycles. The van der Waals surface area contributed by atoms with E-state index in [9.17, 15) is 26.4 Å². The summed E-state index contributed by atoms with van der Waals surface area (Å²) in [6.07, 6.45) is 0. The fraction of sp³-hybridized carbons (Fsp3) is 0.136. The maximum absolute atomic E-state index is 13.0. The topological polar surface area (TPSA) is 169 Å². The van der Waals surface area contributed by atoms with Gasteiger partial charge in [-0.05, 0) is 148 Å². The van der Waals surface area contributed by atoms with Crippen molar-refractivity contribution in [2.45, 2.75) is 51.3 Å². The maximum Gasteiger partial charge on any atom is 0.339 e. The summed E-state index contributed by atoms with van der Waals surface area (Å²) in [6, 6.07) is 32.6. The van der Waals surface area contributed by atoms with Gasteiger partial charge in [0.05, 0.1) is 0 Å². The number of urea groups is 2. The van der Waals surface area contributed by atoms with Crippen molar-refractivity contribution >= 4 is 55.0 Å². The number of carbonyl (C=O) groups excluding carboxylic acids is 2. The van der Waals surface area contributed by atoms with Gasteiger partial charge in [-0.25, -0.2) is 9.59 Å². The smallest absolute Gasteiger partial charge is 0.339 e. The zero-order valence-electron chi connectivity index (χ0n) is 32.6. The Bertz CT molecular complexity index is 2480. The molecule has 0 aromatic heterocycles. The van der Waals surface area contributed by atoms with Crippen LogP contribution in [0.15, 0.2) is 131 Å². The lowest BCUT2D eigenvalue weighted by Gasteiger charge is -2.13. The first-order valence-corrected chi connectivity index (χ1v) is 20.9. The molecule has 298 valence electrons. The van der Waals surface area contributed by atoms with E-state index >= 15 is 0 Å². The lowest BCUT2D eigenvalue weighted by atomic mass is 10.1. The van der Waals surface area contributed by atoms with Crippen LogP contribution < -0.4 is 29.6 Å². The number of hydrogen-bond donors (Lipinski definition) is 4. The van der Waals surface area contributed by atoms with Crippen LogP contribution in [0.5, 0.6) is 11.5 Å². The Kier molecular flexibility index (Phi) is 11.9. The second kappa shape index (κ2) is 16.8. The fourth-order valence-electron chi connectivity index (χ4n) is 6.73. The molecule has 0 radical (unpaired) electrons. The van der Waals surface area contributed by atoms with E-state index in [0.29, 0.717) is 45.0 Å². The summed E-state index contributed by atoms with van der Waals surface area (Å²) in [7, 11) is -8.12. The molecule has 0 saturated heterocycles. The Hall–Kier alpha value is -6.64. The van der Waals surface area contributed by atoms with Gasteiger partial charge in [0.2, 0.25) is 0 Å². The molecule has 4 N–H and O–H groups in total. The van der Waals surface area contributed by atoms with Gasteiger partial charge in [-0.2, -0.15) is 16.8 Å². The standard InChI is InChI=1S/C44H42N4O8S2/c1-27-23-29(3)41(30(4)24-27)57(51,52)55-39-19-15-37(16-20-39)47-43(49)45-35-11-7-33(8-12-35)34-9-13-36(14-10-34)46-44(50)48-38-17-21-40(22-18-38)56-58(53,54)42-31(5)25-28(2)26-32(42)6/h7-26H,1-6H3,(H2,45,47,49)(H2,46,48,50). The van der Waals surface area contributed by atoms with E-state index in [1.54, 1.807) is 100 Å². The van der Waals surface area contributed by atoms with Crippen molar-refractivity contribution < 1.29 is 34.8 Å². The van der Waals surface area contributed by atoms with Crippen LogP contribution in [0, 0.1) is 41.5 Å². The highest BCUT2D eigenvalue weighted by molar-refractivity contribution is 7.87. The molecule has 14 heteroatoms. The van der Waals surface area contributed by atoms with Gasteiger partial charge in [-0.15, -0.1) is 0 Å². The van der Waals surface area contributed by atoms with Crippen LogP contribution in [-0.2, 0) is 20.2 Å². The summed E-state index contributed by atoms with van der Waals surface area (Å²) in [5.41, 5.74) is 8.03. The molecule has 0 aliphatic rings. The Morgan fingerprint density at radius 1 is 0.397 bits per heavy atom. The van der Waals surface area contributed by atoms with E-state index < -0.39 is 32.3 Å². The molecule has 6 rings (SSSR count). The molecule has 4 amide bonds. The first-order valence-electron chi connectivity index (χ1n) is 18.1. The van der Waals surface area contributed by atoms with Gasteiger partial charge >= 0.3 is 32.3 Å². The van der Waals surface area contributed by atoms with Crippen LogP contribution in [0.25, 0.3) is 11.1 Å². The molecule has 12 nitrogen and oxygen atoms in total. The third kappa shape index (κ3) is 10.0. The SMILES string of the molecule is Cc1cc(C)c(S(=O)(=O)Oc2ccc(NC(=O)Nc3ccc(-c4ccc(NC(=O)Nc5ccc(OS(=O)(=O)c6c(C)cc(C)cc6C)cc5)cc4)cc3)cc2)c(C)c1. The van der Waals surface area contributed by atoms with Crippen molar-refractivity contribution in [3.05, 3.63) is 155 Å². The summed E-state index contributed by atoms with van der Waals surface area (Å²) in [6.45, 7) is 10.7. The van der Waals surface area contributed by atoms with Crippen LogP contribution in [0.1, 0.15) is 33.4 Å². The summed E-state index contributed by atoms with van der Waals surface area (Å²) in [4.78, 5) is 25.7. The minimum absolute atomic E-state index is 0.114. The number of rotatable bonds is 11. The number of benzene rings is 6. The highest BCUT2D eigenvalue weighted by Crippen LogP contribution is 2.29. The monoisotopic (exact) mass is 818 g/mol. The average molecular weight is 819 g/mol. The van der Waals surface area contributed by atoms with Crippen molar-refractivity contribution in [2.75, 3.05) is 21.3 Å². The number of aryl methyl sites for hydroxylation is 6. The normalized spacial score (nSPS) is 11.3. The number of anilines is 4. The highest BCUT2D eigenvalue weighted by Gasteiger charge is 2.24. The van der Waals surface area contributed by atoms with E-state index in [-0.39, 0.29) is 21.3 Å². The van der Waals surface area contributed by atoms with Crippen LogP contribution in [-0.4, -0.2) is 28.9 Å². The minimum Gasteiger partial charge on any atom is -0.379 e. The predicted octanol–water partition coefficient (Wildman–Crippen LogP) is 10.0. The second-order valence-corrected chi connectivity index (χ2v) is 16.9. The molecule has 0 fully saturated rings. The molecule has 0 bridgehead atoms. The first-order chi connectivity index (χ1) is 27.5. The van der Waals surface area contributed by atoms with Gasteiger partial charge in [0.15, 0.2) is 0 Å². The fourth-order valence-corrected chi connectivity index (χ4v) is 9.43. The van der Waals surface area contributed by atoms with Crippen LogP contribution in [0.2, 0.25) is 0 Å². The summed E-state index contributed by atoms with van der Waals surface area (Å²) in [5, 5.41) is 11.0.